The molecule has 1 aliphatic carbocycles. The van der Waals surface area contributed by atoms with Gasteiger partial charge in [-0.15, -0.1) is 0 Å². The van der Waals surface area contributed by atoms with Gasteiger partial charge in [-0.25, -0.2) is 13.0 Å². The summed E-state index contributed by atoms with van der Waals surface area (Å²) in [6.45, 7) is 0.187. The molecule has 0 N–H and O–H groups in total. The molecule has 11 heteroatoms. The first-order valence-corrected chi connectivity index (χ1v) is 10.1. The molecular formula is C16H17N5O5S. The van der Waals surface area contributed by atoms with Gasteiger partial charge < -0.3 is 9.26 Å². The molecule has 1 saturated carbocycles. The van der Waals surface area contributed by atoms with E-state index in [1.807, 2.05) is 0 Å². The van der Waals surface area contributed by atoms with Crippen molar-refractivity contribution >= 4 is 21.1 Å². The Bertz CT molecular complexity index is 1090. The third kappa shape index (κ3) is 2.73. The van der Waals surface area contributed by atoms with Gasteiger partial charge in [-0.2, -0.15) is 9.29 Å². The molecule has 0 radical (unpaired) electrons. The number of methoxy groups -OCH3 is 1. The van der Waals surface area contributed by atoms with Crippen LogP contribution in [0.4, 0.5) is 0 Å². The summed E-state index contributed by atoms with van der Waals surface area (Å²) in [7, 11) is -2.35. The monoisotopic (exact) mass is 391 g/mol. The number of fused-ring (bicyclic) bond motifs is 1. The van der Waals surface area contributed by atoms with E-state index < -0.39 is 16.1 Å². The molecule has 3 heterocycles. The first-order valence-electron chi connectivity index (χ1n) is 8.67. The average Bonchev–Trinajstić information content (AvgIpc) is 3.10. The Morgan fingerprint density at radius 2 is 2.07 bits per heavy atom. The molecule has 3 aromatic rings. The molecule has 0 spiro atoms. The maximum atomic E-state index is 13.4. The molecule has 1 aromatic carbocycles. The molecule has 0 amide bonds. The SMILES string of the molecule is CO[C@H]1C[C@H](c2nc(C3CC3)no2)N(S(=O)(=O)c2cccc3nonc23)C1. The number of sulfonamides is 1. The van der Waals surface area contributed by atoms with Gasteiger partial charge in [-0.1, -0.05) is 11.2 Å². The smallest absolute Gasteiger partial charge is 0.246 e. The molecule has 2 fully saturated rings. The zero-order valence-electron chi connectivity index (χ0n) is 14.5. The second kappa shape index (κ2) is 6.08. The van der Waals surface area contributed by atoms with E-state index in [0.717, 1.165) is 12.8 Å². The molecule has 2 aromatic heterocycles. The molecule has 2 atom stereocenters. The van der Waals surface area contributed by atoms with Crippen LogP contribution in [0, 0.1) is 0 Å². The highest BCUT2D eigenvalue weighted by atomic mass is 32.2. The van der Waals surface area contributed by atoms with Gasteiger partial charge in [0.05, 0.1) is 6.10 Å². The number of benzene rings is 1. The van der Waals surface area contributed by atoms with Gasteiger partial charge in [0, 0.05) is 26.0 Å². The molecule has 5 rings (SSSR count). The van der Waals surface area contributed by atoms with Gasteiger partial charge in [0.15, 0.2) is 11.3 Å². The van der Waals surface area contributed by atoms with E-state index in [-0.39, 0.29) is 23.1 Å². The first-order chi connectivity index (χ1) is 13.1. The number of ether oxygens (including phenoxy) is 1. The topological polar surface area (TPSA) is 124 Å². The van der Waals surface area contributed by atoms with Crippen molar-refractivity contribution in [1.82, 2.24) is 24.8 Å². The van der Waals surface area contributed by atoms with Crippen molar-refractivity contribution in [2.75, 3.05) is 13.7 Å². The third-order valence-electron chi connectivity index (χ3n) is 5.07. The van der Waals surface area contributed by atoms with Crippen molar-refractivity contribution in [2.45, 2.75) is 42.2 Å². The maximum Gasteiger partial charge on any atom is 0.246 e. The molecule has 27 heavy (non-hydrogen) atoms. The molecule has 2 aliphatic rings. The number of hydrogen-bond acceptors (Lipinski definition) is 9. The fourth-order valence-electron chi connectivity index (χ4n) is 3.44. The van der Waals surface area contributed by atoms with E-state index in [9.17, 15) is 8.42 Å². The summed E-state index contributed by atoms with van der Waals surface area (Å²) < 4.78 is 43.7. The molecular weight excluding hydrogens is 374 g/mol. The van der Waals surface area contributed by atoms with E-state index >= 15 is 0 Å². The number of aromatic nitrogens is 4. The Kier molecular flexibility index (Phi) is 3.78. The summed E-state index contributed by atoms with van der Waals surface area (Å²) in [5, 5.41) is 11.5. The lowest BCUT2D eigenvalue weighted by molar-refractivity contribution is 0.114. The average molecular weight is 391 g/mol. The minimum absolute atomic E-state index is 0.0323. The predicted molar refractivity (Wildman–Crippen MR) is 90.1 cm³/mol. The highest BCUT2D eigenvalue weighted by Gasteiger charge is 2.45. The Morgan fingerprint density at radius 1 is 1.22 bits per heavy atom. The Morgan fingerprint density at radius 3 is 2.85 bits per heavy atom. The fourth-order valence-corrected chi connectivity index (χ4v) is 5.20. The van der Waals surface area contributed by atoms with Crippen molar-refractivity contribution in [3.05, 3.63) is 29.9 Å². The minimum Gasteiger partial charge on any atom is -0.380 e. The summed E-state index contributed by atoms with van der Waals surface area (Å²) in [5.41, 5.74) is 0.574. The minimum atomic E-state index is -3.91. The van der Waals surface area contributed by atoms with Crippen LogP contribution < -0.4 is 0 Å². The van der Waals surface area contributed by atoms with Crippen molar-refractivity contribution in [1.29, 1.82) is 0 Å². The number of hydrogen-bond donors (Lipinski definition) is 0. The first kappa shape index (κ1) is 16.8. The summed E-state index contributed by atoms with van der Waals surface area (Å²) in [6, 6.07) is 4.15. The van der Waals surface area contributed by atoms with Crippen LogP contribution in [0.1, 0.15) is 42.9 Å². The van der Waals surface area contributed by atoms with Crippen LogP contribution in [-0.2, 0) is 14.8 Å². The van der Waals surface area contributed by atoms with Crippen LogP contribution in [0.3, 0.4) is 0 Å². The molecule has 0 bridgehead atoms. The van der Waals surface area contributed by atoms with Gasteiger partial charge in [-0.3, -0.25) is 0 Å². The Balaban J connectivity index is 1.56. The maximum absolute atomic E-state index is 13.4. The van der Waals surface area contributed by atoms with Gasteiger partial charge in [0.1, 0.15) is 16.5 Å². The largest absolute Gasteiger partial charge is 0.380 e. The number of rotatable bonds is 5. The summed E-state index contributed by atoms with van der Waals surface area (Å²) in [6.07, 6.45) is 2.24. The van der Waals surface area contributed by atoms with Crippen LogP contribution in [-0.4, -0.2) is 52.9 Å². The lowest BCUT2D eigenvalue weighted by Crippen LogP contribution is -2.32. The lowest BCUT2D eigenvalue weighted by Gasteiger charge is -2.21. The quantitative estimate of drug-likeness (QED) is 0.638. The highest BCUT2D eigenvalue weighted by molar-refractivity contribution is 7.89. The zero-order chi connectivity index (χ0) is 18.6. The normalized spacial score (nSPS) is 24.0. The van der Waals surface area contributed by atoms with Crippen LogP contribution in [0.2, 0.25) is 0 Å². The molecule has 1 aliphatic heterocycles. The van der Waals surface area contributed by atoms with Crippen molar-refractivity contribution in [2.24, 2.45) is 0 Å². The van der Waals surface area contributed by atoms with E-state index in [4.69, 9.17) is 13.9 Å². The van der Waals surface area contributed by atoms with E-state index in [2.05, 4.69) is 20.5 Å². The summed E-state index contributed by atoms with van der Waals surface area (Å²) in [4.78, 5) is 4.48. The highest BCUT2D eigenvalue weighted by Crippen LogP contribution is 2.41. The van der Waals surface area contributed by atoms with Crippen LogP contribution in [0.5, 0.6) is 0 Å². The van der Waals surface area contributed by atoms with Gasteiger partial charge >= 0.3 is 0 Å². The lowest BCUT2D eigenvalue weighted by atomic mass is 10.2. The standard InChI is InChI=1S/C16H17N5O5S/c1-24-10-7-12(16-17-15(20-25-16)9-5-6-9)21(8-10)27(22,23)13-4-2-3-11-14(13)19-26-18-11/h2-4,9-10,12H,5-8H2,1H3/t10-,12+/m0/s1. The summed E-state index contributed by atoms with van der Waals surface area (Å²) in [5.74, 6) is 1.26. The van der Waals surface area contributed by atoms with Gasteiger partial charge in [0.2, 0.25) is 15.9 Å². The van der Waals surface area contributed by atoms with E-state index in [1.165, 1.54) is 10.4 Å². The predicted octanol–water partition coefficient (Wildman–Crippen LogP) is 1.63. The third-order valence-corrected chi connectivity index (χ3v) is 6.98. The van der Waals surface area contributed by atoms with Crippen molar-refractivity contribution < 1.29 is 22.3 Å². The molecule has 0 unspecified atom stereocenters. The molecule has 10 nitrogen and oxygen atoms in total. The second-order valence-corrected chi connectivity index (χ2v) is 8.70. The van der Waals surface area contributed by atoms with E-state index in [0.29, 0.717) is 29.6 Å². The Labute approximate surface area is 154 Å². The van der Waals surface area contributed by atoms with Crippen molar-refractivity contribution in [3.8, 4) is 0 Å². The Hall–Kier alpha value is -2.37. The van der Waals surface area contributed by atoms with E-state index in [1.54, 1.807) is 19.2 Å². The van der Waals surface area contributed by atoms with Crippen LogP contribution in [0.25, 0.3) is 11.0 Å². The van der Waals surface area contributed by atoms with Gasteiger partial charge in [-0.05, 0) is 35.3 Å². The summed E-state index contributed by atoms with van der Waals surface area (Å²) >= 11 is 0. The molecule has 1 saturated heterocycles. The number of nitrogens with zero attached hydrogens (tertiary/aromatic N) is 5. The fraction of sp³-hybridized carbons (Fsp3) is 0.500. The van der Waals surface area contributed by atoms with Crippen LogP contribution in [0.15, 0.2) is 32.2 Å². The second-order valence-electron chi connectivity index (χ2n) is 6.84. The van der Waals surface area contributed by atoms with Gasteiger partial charge in [0.25, 0.3) is 0 Å². The van der Waals surface area contributed by atoms with Crippen molar-refractivity contribution in [3.63, 3.8) is 0 Å². The van der Waals surface area contributed by atoms with Crippen LogP contribution >= 0.6 is 0 Å². The zero-order valence-corrected chi connectivity index (χ0v) is 15.3. The molecule has 142 valence electrons.